The summed E-state index contributed by atoms with van der Waals surface area (Å²) in [6.45, 7) is 0. The lowest BCUT2D eigenvalue weighted by Crippen LogP contribution is -2.15. The molecule has 0 radical (unpaired) electrons. The first-order chi connectivity index (χ1) is 12.0. The van der Waals surface area contributed by atoms with E-state index >= 15 is 0 Å². The highest BCUT2D eigenvalue weighted by Gasteiger charge is 2.12. The molecule has 0 spiro atoms. The molecule has 0 aliphatic heterocycles. The molecular formula is C17H11F3N4O. The Morgan fingerprint density at radius 2 is 1.72 bits per heavy atom. The van der Waals surface area contributed by atoms with E-state index in [1.807, 2.05) is 0 Å². The summed E-state index contributed by atoms with van der Waals surface area (Å²) in [5.41, 5.74) is -0.0958. The maximum atomic E-state index is 13.6. The number of amides is 1. The monoisotopic (exact) mass is 344 g/mol. The lowest BCUT2D eigenvalue weighted by atomic mass is 10.3. The summed E-state index contributed by atoms with van der Waals surface area (Å²) >= 11 is 0. The first-order valence-corrected chi connectivity index (χ1v) is 7.14. The topological polar surface area (TPSA) is 66.9 Å². The summed E-state index contributed by atoms with van der Waals surface area (Å²) in [5.74, 6) is -2.86. The molecule has 1 heterocycles. The van der Waals surface area contributed by atoms with Gasteiger partial charge in [0.15, 0.2) is 0 Å². The Morgan fingerprint density at radius 1 is 0.920 bits per heavy atom. The van der Waals surface area contributed by atoms with Gasteiger partial charge in [-0.05, 0) is 30.3 Å². The van der Waals surface area contributed by atoms with Crippen LogP contribution in [-0.2, 0) is 0 Å². The number of carbonyl (C=O) groups is 1. The Labute approximate surface area is 140 Å². The van der Waals surface area contributed by atoms with Crippen molar-refractivity contribution in [3.8, 4) is 0 Å². The van der Waals surface area contributed by atoms with Gasteiger partial charge in [-0.25, -0.2) is 23.1 Å². The smallest absolute Gasteiger partial charge is 0.274 e. The van der Waals surface area contributed by atoms with Gasteiger partial charge in [0.25, 0.3) is 5.91 Å². The first-order valence-electron chi connectivity index (χ1n) is 7.14. The molecule has 0 unspecified atom stereocenters. The van der Waals surface area contributed by atoms with Crippen LogP contribution in [0.1, 0.15) is 10.5 Å². The van der Waals surface area contributed by atoms with Crippen molar-refractivity contribution >= 4 is 23.2 Å². The van der Waals surface area contributed by atoms with E-state index in [0.29, 0.717) is 6.07 Å². The number of nitrogens with zero attached hydrogens (tertiary/aromatic N) is 2. The number of hydrogen-bond acceptors (Lipinski definition) is 4. The summed E-state index contributed by atoms with van der Waals surface area (Å²) in [7, 11) is 0. The van der Waals surface area contributed by atoms with Crippen molar-refractivity contribution in [1.82, 2.24) is 9.97 Å². The van der Waals surface area contributed by atoms with E-state index in [0.717, 1.165) is 6.07 Å². The van der Waals surface area contributed by atoms with E-state index in [9.17, 15) is 18.0 Å². The van der Waals surface area contributed by atoms with E-state index in [2.05, 4.69) is 20.6 Å². The van der Waals surface area contributed by atoms with Gasteiger partial charge in [-0.3, -0.25) is 4.79 Å². The zero-order valence-corrected chi connectivity index (χ0v) is 12.6. The zero-order valence-electron chi connectivity index (χ0n) is 12.6. The van der Waals surface area contributed by atoms with E-state index in [-0.39, 0.29) is 23.0 Å². The van der Waals surface area contributed by atoms with E-state index in [1.54, 1.807) is 6.07 Å². The van der Waals surface area contributed by atoms with Crippen LogP contribution >= 0.6 is 0 Å². The van der Waals surface area contributed by atoms with Crippen LogP contribution in [0.5, 0.6) is 0 Å². The van der Waals surface area contributed by atoms with Crippen LogP contribution in [0.2, 0.25) is 0 Å². The van der Waals surface area contributed by atoms with Gasteiger partial charge in [-0.1, -0.05) is 12.1 Å². The second kappa shape index (κ2) is 7.00. The van der Waals surface area contributed by atoms with Crippen molar-refractivity contribution in [2.45, 2.75) is 0 Å². The molecule has 3 aromatic rings. The maximum absolute atomic E-state index is 13.6. The van der Waals surface area contributed by atoms with Crippen LogP contribution in [0.15, 0.2) is 54.7 Å². The van der Waals surface area contributed by atoms with Crippen molar-refractivity contribution < 1.29 is 18.0 Å². The standard InChI is InChI=1S/C17H11F3N4O/c18-10-5-6-14(12(20)9-10)23-17-21-8-7-15(24-17)16(25)22-13-4-2-1-3-11(13)19/h1-9H,(H,22,25)(H,21,23,24). The minimum absolute atomic E-state index is 0.00482. The van der Waals surface area contributed by atoms with Crippen LogP contribution in [-0.4, -0.2) is 15.9 Å². The van der Waals surface area contributed by atoms with Gasteiger partial charge in [0.1, 0.15) is 23.1 Å². The Kier molecular flexibility index (Phi) is 4.60. The van der Waals surface area contributed by atoms with Crippen LogP contribution < -0.4 is 10.6 Å². The first kappa shape index (κ1) is 16.4. The third-order valence-corrected chi connectivity index (χ3v) is 3.19. The SMILES string of the molecule is O=C(Nc1ccccc1F)c1ccnc(Nc2ccc(F)cc2F)n1. The molecule has 0 fully saturated rings. The summed E-state index contributed by atoms with van der Waals surface area (Å²) in [4.78, 5) is 20.0. The van der Waals surface area contributed by atoms with Crippen LogP contribution in [0.4, 0.5) is 30.5 Å². The predicted molar refractivity (Wildman–Crippen MR) is 86.0 cm³/mol. The Morgan fingerprint density at radius 3 is 2.48 bits per heavy atom. The van der Waals surface area contributed by atoms with Gasteiger partial charge in [-0.15, -0.1) is 0 Å². The zero-order chi connectivity index (χ0) is 17.8. The minimum Gasteiger partial charge on any atom is -0.322 e. The fourth-order valence-electron chi connectivity index (χ4n) is 2.01. The Hall–Kier alpha value is -3.42. The highest BCUT2D eigenvalue weighted by molar-refractivity contribution is 6.03. The third kappa shape index (κ3) is 3.92. The number of para-hydroxylation sites is 1. The van der Waals surface area contributed by atoms with Crippen molar-refractivity contribution in [1.29, 1.82) is 0 Å². The average molecular weight is 344 g/mol. The number of nitrogens with one attached hydrogen (secondary N) is 2. The molecule has 1 aromatic heterocycles. The van der Waals surface area contributed by atoms with Crippen molar-refractivity contribution in [2.24, 2.45) is 0 Å². The molecule has 0 saturated heterocycles. The van der Waals surface area contributed by atoms with Gasteiger partial charge in [0, 0.05) is 12.3 Å². The summed E-state index contributed by atoms with van der Waals surface area (Å²) in [6.07, 6.45) is 1.28. The van der Waals surface area contributed by atoms with Crippen molar-refractivity contribution in [3.63, 3.8) is 0 Å². The number of carbonyl (C=O) groups excluding carboxylic acids is 1. The second-order valence-electron chi connectivity index (χ2n) is 4.95. The fourth-order valence-corrected chi connectivity index (χ4v) is 2.01. The number of benzene rings is 2. The molecule has 3 rings (SSSR count). The lowest BCUT2D eigenvalue weighted by Gasteiger charge is -2.08. The van der Waals surface area contributed by atoms with E-state index in [4.69, 9.17) is 0 Å². The molecule has 0 saturated carbocycles. The summed E-state index contributed by atoms with van der Waals surface area (Å²) < 4.78 is 40.1. The molecule has 25 heavy (non-hydrogen) atoms. The summed E-state index contributed by atoms with van der Waals surface area (Å²) in [5, 5.41) is 4.93. The average Bonchev–Trinajstić information content (AvgIpc) is 2.60. The number of rotatable bonds is 4. The molecule has 0 aliphatic carbocycles. The number of aromatic nitrogens is 2. The van der Waals surface area contributed by atoms with Gasteiger partial charge >= 0.3 is 0 Å². The molecule has 1 amide bonds. The van der Waals surface area contributed by atoms with Gasteiger partial charge in [0.05, 0.1) is 11.4 Å². The van der Waals surface area contributed by atoms with Crippen molar-refractivity contribution in [3.05, 3.63) is 77.9 Å². The normalized spacial score (nSPS) is 10.4. The van der Waals surface area contributed by atoms with Gasteiger partial charge in [0.2, 0.25) is 5.95 Å². The molecule has 5 nitrogen and oxygen atoms in total. The van der Waals surface area contributed by atoms with Crippen LogP contribution in [0, 0.1) is 17.5 Å². The molecule has 2 N–H and O–H groups in total. The molecule has 0 bridgehead atoms. The number of hydrogen-bond donors (Lipinski definition) is 2. The maximum Gasteiger partial charge on any atom is 0.274 e. The minimum atomic E-state index is -0.829. The van der Waals surface area contributed by atoms with Crippen LogP contribution in [0.3, 0.4) is 0 Å². The molecule has 0 aliphatic rings. The quantitative estimate of drug-likeness (QED) is 0.753. The highest BCUT2D eigenvalue weighted by atomic mass is 19.1. The van der Waals surface area contributed by atoms with Gasteiger partial charge < -0.3 is 10.6 Å². The molecule has 0 atom stereocenters. The van der Waals surface area contributed by atoms with E-state index < -0.39 is 23.4 Å². The number of anilines is 3. The summed E-state index contributed by atoms with van der Waals surface area (Å²) in [6, 6.07) is 9.96. The van der Waals surface area contributed by atoms with Crippen LogP contribution in [0.25, 0.3) is 0 Å². The highest BCUT2D eigenvalue weighted by Crippen LogP contribution is 2.19. The largest absolute Gasteiger partial charge is 0.322 e. The second-order valence-corrected chi connectivity index (χ2v) is 4.95. The molecule has 2 aromatic carbocycles. The van der Waals surface area contributed by atoms with E-state index in [1.165, 1.54) is 36.5 Å². The molecular weight excluding hydrogens is 333 g/mol. The Balaban J connectivity index is 1.79. The third-order valence-electron chi connectivity index (χ3n) is 3.19. The molecule has 126 valence electrons. The number of halogens is 3. The van der Waals surface area contributed by atoms with Crippen molar-refractivity contribution in [2.75, 3.05) is 10.6 Å². The Bertz CT molecular complexity index is 933. The molecule has 8 heteroatoms. The predicted octanol–water partition coefficient (Wildman–Crippen LogP) is 3.89. The fraction of sp³-hybridized carbons (Fsp3) is 0. The van der Waals surface area contributed by atoms with Gasteiger partial charge in [-0.2, -0.15) is 0 Å². The lowest BCUT2D eigenvalue weighted by molar-refractivity contribution is 0.102.